The molecule has 0 unspecified atom stereocenters. The van der Waals surface area contributed by atoms with Gasteiger partial charge in [0.05, 0.1) is 12.3 Å². The Morgan fingerprint density at radius 3 is 3.32 bits per heavy atom. The van der Waals surface area contributed by atoms with Gasteiger partial charge in [0.25, 0.3) is 0 Å². The van der Waals surface area contributed by atoms with Gasteiger partial charge in [-0.3, -0.25) is 4.79 Å². The van der Waals surface area contributed by atoms with Crippen LogP contribution in [0.4, 0.5) is 0 Å². The predicted octanol–water partition coefficient (Wildman–Crippen LogP) is 1.21. The van der Waals surface area contributed by atoms with E-state index in [4.69, 9.17) is 4.74 Å². The molecule has 0 aromatic carbocycles. The van der Waals surface area contributed by atoms with E-state index in [9.17, 15) is 4.79 Å². The first kappa shape index (κ1) is 13.8. The Hall–Kier alpha value is -1.62. The van der Waals surface area contributed by atoms with Gasteiger partial charge < -0.3 is 14.6 Å². The molecule has 0 aliphatic carbocycles. The van der Waals surface area contributed by atoms with Crippen molar-refractivity contribution in [1.29, 1.82) is 0 Å². The third kappa shape index (κ3) is 3.44. The van der Waals surface area contributed by atoms with Crippen LogP contribution in [0.3, 0.4) is 0 Å². The first-order chi connectivity index (χ1) is 9.10. The number of nitrogens with one attached hydrogen (secondary N) is 1. The fraction of sp³-hybridized carbons (Fsp3) is 0.571. The van der Waals surface area contributed by atoms with E-state index in [0.29, 0.717) is 6.61 Å². The molecule has 0 radical (unpaired) electrons. The van der Waals surface area contributed by atoms with Crippen LogP contribution in [-0.2, 0) is 22.5 Å². The summed E-state index contributed by atoms with van der Waals surface area (Å²) in [5, 5.41) is 3.03. The molecule has 0 bridgehead atoms. The van der Waals surface area contributed by atoms with E-state index in [1.165, 1.54) is 0 Å². The molecule has 0 saturated heterocycles. The Balaban J connectivity index is 1.87. The van der Waals surface area contributed by atoms with E-state index < -0.39 is 6.10 Å². The normalized spacial score (nSPS) is 19.6. The standard InChI is InChI=1S/C14H21N3O2/c1-4-7-19-11(3)14(18)16-12-5-6-13-15-10(2)8-17(13)9-12/h4,8,11-12H,1,5-7,9H2,2-3H3,(H,16,18)/t11-,12-/m1/s1. The van der Waals surface area contributed by atoms with Crippen LogP contribution >= 0.6 is 0 Å². The molecule has 5 heteroatoms. The maximum Gasteiger partial charge on any atom is 0.249 e. The summed E-state index contributed by atoms with van der Waals surface area (Å²) in [5.74, 6) is 1.05. The van der Waals surface area contributed by atoms with E-state index in [1.807, 2.05) is 13.1 Å². The molecule has 0 saturated carbocycles. The van der Waals surface area contributed by atoms with E-state index in [-0.39, 0.29) is 11.9 Å². The van der Waals surface area contributed by atoms with Crippen molar-refractivity contribution < 1.29 is 9.53 Å². The minimum absolute atomic E-state index is 0.0628. The molecule has 2 heterocycles. The molecule has 2 atom stereocenters. The average Bonchev–Trinajstić information content (AvgIpc) is 2.75. The highest BCUT2D eigenvalue weighted by Crippen LogP contribution is 2.15. The minimum atomic E-state index is -0.441. The summed E-state index contributed by atoms with van der Waals surface area (Å²) in [7, 11) is 0. The van der Waals surface area contributed by atoms with Crippen molar-refractivity contribution in [3.8, 4) is 0 Å². The van der Waals surface area contributed by atoms with Crippen LogP contribution < -0.4 is 5.32 Å². The number of aromatic nitrogens is 2. The number of carbonyl (C=O) groups excluding carboxylic acids is 1. The number of rotatable bonds is 5. The molecule has 2 rings (SSSR count). The van der Waals surface area contributed by atoms with E-state index in [1.54, 1.807) is 13.0 Å². The SMILES string of the molecule is C=CCO[C@H](C)C(=O)N[C@@H]1CCc2nc(C)cn2C1. The molecule has 1 aromatic heterocycles. The predicted molar refractivity (Wildman–Crippen MR) is 72.8 cm³/mol. The van der Waals surface area contributed by atoms with Gasteiger partial charge in [-0.2, -0.15) is 0 Å². The van der Waals surface area contributed by atoms with Gasteiger partial charge in [0.2, 0.25) is 5.91 Å². The number of carbonyl (C=O) groups is 1. The lowest BCUT2D eigenvalue weighted by atomic mass is 10.1. The lowest BCUT2D eigenvalue weighted by Gasteiger charge is -2.25. The molecule has 1 amide bonds. The Kier molecular flexibility index (Phi) is 4.37. The molecule has 0 spiro atoms. The molecule has 5 nitrogen and oxygen atoms in total. The van der Waals surface area contributed by atoms with E-state index in [0.717, 1.165) is 30.9 Å². The first-order valence-electron chi connectivity index (χ1n) is 6.65. The van der Waals surface area contributed by atoms with Crippen molar-refractivity contribution in [2.24, 2.45) is 0 Å². The van der Waals surface area contributed by atoms with Crippen LogP contribution in [-0.4, -0.2) is 34.2 Å². The van der Waals surface area contributed by atoms with Crippen LogP contribution in [0.15, 0.2) is 18.9 Å². The van der Waals surface area contributed by atoms with E-state index in [2.05, 4.69) is 21.4 Å². The van der Waals surface area contributed by atoms with Gasteiger partial charge in [-0.25, -0.2) is 4.98 Å². The van der Waals surface area contributed by atoms with Gasteiger partial charge in [-0.05, 0) is 20.3 Å². The second kappa shape index (κ2) is 6.02. The molecular formula is C14H21N3O2. The van der Waals surface area contributed by atoms with Crippen molar-refractivity contribution in [2.45, 2.75) is 45.4 Å². The fourth-order valence-corrected chi connectivity index (χ4v) is 2.31. The summed E-state index contributed by atoms with van der Waals surface area (Å²) >= 11 is 0. The summed E-state index contributed by atoms with van der Waals surface area (Å²) in [6, 6.07) is 0.156. The molecule has 1 aliphatic rings. The lowest BCUT2D eigenvalue weighted by Crippen LogP contribution is -2.45. The maximum absolute atomic E-state index is 11.9. The Labute approximate surface area is 113 Å². The van der Waals surface area contributed by atoms with Crippen LogP contribution in [0.1, 0.15) is 24.9 Å². The number of ether oxygens (including phenoxy) is 1. The van der Waals surface area contributed by atoms with Crippen molar-refractivity contribution in [3.63, 3.8) is 0 Å². The highest BCUT2D eigenvalue weighted by molar-refractivity contribution is 5.80. The lowest BCUT2D eigenvalue weighted by molar-refractivity contribution is -0.132. The van der Waals surface area contributed by atoms with Crippen LogP contribution in [0.5, 0.6) is 0 Å². The smallest absolute Gasteiger partial charge is 0.249 e. The Morgan fingerprint density at radius 2 is 2.58 bits per heavy atom. The van der Waals surface area contributed by atoms with Gasteiger partial charge in [0, 0.05) is 25.2 Å². The molecule has 104 valence electrons. The topological polar surface area (TPSA) is 56.1 Å². The molecule has 1 N–H and O–H groups in total. The maximum atomic E-state index is 11.9. The molecular weight excluding hydrogens is 242 g/mol. The summed E-state index contributed by atoms with van der Waals surface area (Å²) in [4.78, 5) is 16.4. The zero-order valence-corrected chi connectivity index (χ0v) is 11.6. The van der Waals surface area contributed by atoms with Crippen molar-refractivity contribution in [3.05, 3.63) is 30.4 Å². The number of amides is 1. The quantitative estimate of drug-likeness (QED) is 0.813. The van der Waals surface area contributed by atoms with Gasteiger partial charge in [-0.1, -0.05) is 6.08 Å². The second-order valence-corrected chi connectivity index (χ2v) is 4.96. The molecule has 1 aromatic rings. The number of aryl methyl sites for hydroxylation is 2. The van der Waals surface area contributed by atoms with Gasteiger partial charge in [-0.15, -0.1) is 6.58 Å². The van der Waals surface area contributed by atoms with Crippen LogP contribution in [0.25, 0.3) is 0 Å². The van der Waals surface area contributed by atoms with Gasteiger partial charge in [0.1, 0.15) is 11.9 Å². The number of hydrogen-bond donors (Lipinski definition) is 1. The van der Waals surface area contributed by atoms with Gasteiger partial charge in [0.15, 0.2) is 0 Å². The zero-order valence-electron chi connectivity index (χ0n) is 11.6. The summed E-state index contributed by atoms with van der Waals surface area (Å²) in [6.07, 6.45) is 5.07. The molecule has 0 fully saturated rings. The third-order valence-corrected chi connectivity index (χ3v) is 3.29. The van der Waals surface area contributed by atoms with Crippen molar-refractivity contribution in [1.82, 2.24) is 14.9 Å². The van der Waals surface area contributed by atoms with Gasteiger partial charge >= 0.3 is 0 Å². The van der Waals surface area contributed by atoms with Crippen LogP contribution in [0.2, 0.25) is 0 Å². The Morgan fingerprint density at radius 1 is 1.79 bits per heavy atom. The monoisotopic (exact) mass is 263 g/mol. The number of fused-ring (bicyclic) bond motifs is 1. The number of nitrogens with zero attached hydrogens (tertiary/aromatic N) is 2. The number of imidazole rings is 1. The fourth-order valence-electron chi connectivity index (χ4n) is 2.31. The minimum Gasteiger partial charge on any atom is -0.365 e. The summed E-state index contributed by atoms with van der Waals surface area (Å²) in [6.45, 7) is 8.50. The van der Waals surface area contributed by atoms with E-state index >= 15 is 0 Å². The average molecular weight is 263 g/mol. The highest BCUT2D eigenvalue weighted by Gasteiger charge is 2.23. The summed E-state index contributed by atoms with van der Waals surface area (Å²) in [5.41, 5.74) is 1.03. The summed E-state index contributed by atoms with van der Waals surface area (Å²) < 4.78 is 7.44. The number of hydrogen-bond acceptors (Lipinski definition) is 3. The molecule has 19 heavy (non-hydrogen) atoms. The Bertz CT molecular complexity index is 467. The van der Waals surface area contributed by atoms with Crippen molar-refractivity contribution in [2.75, 3.05) is 6.61 Å². The van der Waals surface area contributed by atoms with Crippen LogP contribution in [0, 0.1) is 6.92 Å². The second-order valence-electron chi connectivity index (χ2n) is 4.96. The largest absolute Gasteiger partial charge is 0.365 e. The third-order valence-electron chi connectivity index (χ3n) is 3.29. The first-order valence-corrected chi connectivity index (χ1v) is 6.65. The molecule has 1 aliphatic heterocycles. The highest BCUT2D eigenvalue weighted by atomic mass is 16.5. The van der Waals surface area contributed by atoms with Crippen molar-refractivity contribution >= 4 is 5.91 Å². The zero-order chi connectivity index (χ0) is 13.8.